The van der Waals surface area contributed by atoms with E-state index in [4.69, 9.17) is 28.2 Å². The maximum absolute atomic E-state index is 5.83. The lowest BCUT2D eigenvalue weighted by molar-refractivity contribution is -0.949. The highest BCUT2D eigenvalue weighted by Crippen LogP contribution is 2.27. The Kier molecular flexibility index (Phi) is 6.42. The Balaban J connectivity index is 1.28. The van der Waals surface area contributed by atoms with E-state index < -0.39 is 0 Å². The zero-order valence-electron chi connectivity index (χ0n) is 21.0. The van der Waals surface area contributed by atoms with E-state index in [-0.39, 0.29) is 0 Å². The molecule has 0 saturated heterocycles. The van der Waals surface area contributed by atoms with Gasteiger partial charge in [0.25, 0.3) is 0 Å². The van der Waals surface area contributed by atoms with Gasteiger partial charge in [0.15, 0.2) is 0 Å². The third-order valence-corrected chi connectivity index (χ3v) is 6.35. The summed E-state index contributed by atoms with van der Waals surface area (Å²) in [6, 6.07) is 29.7. The molecule has 0 amide bonds. The van der Waals surface area contributed by atoms with Crippen molar-refractivity contribution >= 4 is 0 Å². The average molecular weight is 504 g/mol. The van der Waals surface area contributed by atoms with E-state index in [1.807, 2.05) is 91.0 Å². The molecule has 0 radical (unpaired) electrons. The predicted molar refractivity (Wildman–Crippen MR) is 143 cm³/mol. The highest BCUT2D eigenvalue weighted by molar-refractivity contribution is 5.54. The fourth-order valence-corrected chi connectivity index (χ4v) is 4.62. The van der Waals surface area contributed by atoms with E-state index >= 15 is 0 Å². The third-order valence-electron chi connectivity index (χ3n) is 6.35. The second-order valence-corrected chi connectivity index (χ2v) is 9.62. The first kappa shape index (κ1) is 23.6. The van der Waals surface area contributed by atoms with E-state index in [1.165, 1.54) is 0 Å². The molecule has 0 saturated carbocycles. The van der Waals surface area contributed by atoms with E-state index in [0.29, 0.717) is 41.8 Å². The quantitative estimate of drug-likeness (QED) is 0.198. The molecule has 38 heavy (non-hydrogen) atoms. The lowest BCUT2D eigenvalue weighted by Gasteiger charge is -2.32. The largest absolute Gasteiger partial charge is 0.444 e. The minimum absolute atomic E-state index is 0.544. The highest BCUT2D eigenvalue weighted by atomic mass is 16.3. The Morgan fingerprint density at radius 1 is 0.474 bits per heavy atom. The Morgan fingerprint density at radius 2 is 0.763 bits per heavy atom. The number of oxazole rings is 3. The first-order valence-electron chi connectivity index (χ1n) is 12.5. The predicted octanol–water partition coefficient (Wildman–Crippen LogP) is 7.00. The van der Waals surface area contributed by atoms with Crippen LogP contribution in [0.5, 0.6) is 0 Å². The van der Waals surface area contributed by atoms with Gasteiger partial charge in [0, 0.05) is 16.7 Å². The van der Waals surface area contributed by atoms with Crippen molar-refractivity contribution in [3.8, 4) is 34.4 Å². The van der Waals surface area contributed by atoms with Crippen molar-refractivity contribution in [1.29, 1.82) is 0 Å². The summed E-state index contributed by atoms with van der Waals surface area (Å²) in [5, 5.41) is 0. The van der Waals surface area contributed by atoms with Gasteiger partial charge in [-0.25, -0.2) is 15.0 Å². The molecule has 188 valence electrons. The van der Waals surface area contributed by atoms with Crippen molar-refractivity contribution in [2.24, 2.45) is 0 Å². The second-order valence-electron chi connectivity index (χ2n) is 9.62. The molecule has 0 N–H and O–H groups in total. The lowest BCUT2D eigenvalue weighted by Crippen LogP contribution is -2.42. The van der Waals surface area contributed by atoms with Crippen LogP contribution in [0.25, 0.3) is 34.4 Å². The normalized spacial score (nSPS) is 11.6. The van der Waals surface area contributed by atoms with Crippen LogP contribution in [0.4, 0.5) is 0 Å². The minimum Gasteiger partial charge on any atom is -0.444 e. The maximum Gasteiger partial charge on any atom is 0.226 e. The van der Waals surface area contributed by atoms with Gasteiger partial charge < -0.3 is 17.7 Å². The lowest BCUT2D eigenvalue weighted by atomic mass is 10.2. The first-order valence-corrected chi connectivity index (χ1v) is 12.5. The zero-order valence-corrected chi connectivity index (χ0v) is 21.0. The molecule has 3 aromatic carbocycles. The number of rotatable bonds is 9. The topological polar surface area (TPSA) is 78.1 Å². The van der Waals surface area contributed by atoms with Crippen molar-refractivity contribution in [3.63, 3.8) is 0 Å². The number of hydrogen-bond donors (Lipinski definition) is 0. The molecule has 0 bridgehead atoms. The molecular formula is C31H27N4O3+. The second kappa shape index (κ2) is 10.3. The van der Waals surface area contributed by atoms with Crippen molar-refractivity contribution in [2.75, 3.05) is 7.05 Å². The van der Waals surface area contributed by atoms with E-state index in [9.17, 15) is 0 Å². The molecule has 7 heteroatoms. The molecule has 0 aliphatic rings. The van der Waals surface area contributed by atoms with Gasteiger partial charge in [0.05, 0.1) is 7.05 Å². The van der Waals surface area contributed by atoms with Crippen LogP contribution >= 0.6 is 0 Å². The Bertz CT molecular complexity index is 1410. The molecule has 6 rings (SSSR count). The molecule has 0 aliphatic heterocycles. The minimum atomic E-state index is 0.544. The van der Waals surface area contributed by atoms with Crippen molar-refractivity contribution in [3.05, 3.63) is 127 Å². The van der Waals surface area contributed by atoms with Gasteiger partial charge in [-0.15, -0.1) is 0 Å². The van der Waals surface area contributed by atoms with Gasteiger partial charge in [-0.05, 0) is 36.4 Å². The molecule has 6 aromatic rings. The molecule has 0 unspecified atom stereocenters. The Hall–Kier alpha value is -4.75. The number of benzene rings is 3. The van der Waals surface area contributed by atoms with Gasteiger partial charge >= 0.3 is 0 Å². The standard InChI is InChI=1S/C31H27N4O3/c1-35(17-26-20-36-29(32-26)23-11-5-2-6-12-23,18-27-21-37-30(33-27)24-13-7-3-8-14-24)19-28-22-38-31(34-28)25-15-9-4-10-16-25/h2-16,20-22H,17-19H2,1H3/q+1. The average Bonchev–Trinajstić information content (AvgIpc) is 3.72. The van der Waals surface area contributed by atoms with E-state index in [1.54, 1.807) is 18.8 Å². The Morgan fingerprint density at radius 3 is 1.05 bits per heavy atom. The van der Waals surface area contributed by atoms with Crippen LogP contribution in [0.2, 0.25) is 0 Å². The summed E-state index contributed by atoms with van der Waals surface area (Å²) in [6.07, 6.45) is 5.19. The molecule has 3 aromatic heterocycles. The van der Waals surface area contributed by atoms with E-state index in [0.717, 1.165) is 33.8 Å². The molecular weight excluding hydrogens is 476 g/mol. The summed E-state index contributed by atoms with van der Waals surface area (Å²) in [6.45, 7) is 1.83. The van der Waals surface area contributed by atoms with Crippen LogP contribution in [0.3, 0.4) is 0 Å². The van der Waals surface area contributed by atoms with Crippen LogP contribution < -0.4 is 0 Å². The van der Waals surface area contributed by atoms with E-state index in [2.05, 4.69) is 7.05 Å². The van der Waals surface area contributed by atoms with Crippen molar-refractivity contribution in [1.82, 2.24) is 15.0 Å². The van der Waals surface area contributed by atoms with Gasteiger partial charge in [-0.3, -0.25) is 0 Å². The number of nitrogens with zero attached hydrogens (tertiary/aromatic N) is 4. The van der Waals surface area contributed by atoms with Crippen molar-refractivity contribution < 1.29 is 17.7 Å². The molecule has 0 aliphatic carbocycles. The molecule has 7 nitrogen and oxygen atoms in total. The van der Waals surface area contributed by atoms with Gasteiger partial charge in [-0.2, -0.15) is 0 Å². The third kappa shape index (κ3) is 5.33. The molecule has 3 heterocycles. The zero-order chi connectivity index (χ0) is 25.8. The van der Waals surface area contributed by atoms with Crippen LogP contribution in [0, 0.1) is 0 Å². The van der Waals surface area contributed by atoms with Crippen LogP contribution in [-0.4, -0.2) is 26.5 Å². The van der Waals surface area contributed by atoms with Gasteiger partial charge in [-0.1, -0.05) is 54.6 Å². The SMILES string of the molecule is C[N+](Cc1coc(-c2ccccc2)n1)(Cc1coc(-c2ccccc2)n1)Cc1coc(-c2ccccc2)n1. The molecule has 0 fully saturated rings. The summed E-state index contributed by atoms with van der Waals surface area (Å²) in [5.74, 6) is 1.81. The summed E-state index contributed by atoms with van der Waals surface area (Å²) < 4.78 is 18.0. The summed E-state index contributed by atoms with van der Waals surface area (Å²) >= 11 is 0. The monoisotopic (exact) mass is 503 g/mol. The number of hydrogen-bond acceptors (Lipinski definition) is 6. The maximum atomic E-state index is 5.83. The van der Waals surface area contributed by atoms with Crippen LogP contribution in [0.1, 0.15) is 17.1 Å². The first-order chi connectivity index (χ1) is 18.6. The Labute approximate surface area is 220 Å². The summed E-state index contributed by atoms with van der Waals surface area (Å²) in [5.41, 5.74) is 5.39. The van der Waals surface area contributed by atoms with Crippen molar-refractivity contribution in [2.45, 2.75) is 19.6 Å². The highest BCUT2D eigenvalue weighted by Gasteiger charge is 2.29. The summed E-state index contributed by atoms with van der Waals surface area (Å²) in [4.78, 5) is 14.4. The smallest absolute Gasteiger partial charge is 0.226 e. The number of quaternary nitrogens is 1. The molecule has 0 spiro atoms. The fourth-order valence-electron chi connectivity index (χ4n) is 4.62. The fraction of sp³-hybridized carbons (Fsp3) is 0.129. The van der Waals surface area contributed by atoms with Gasteiger partial charge in [0.1, 0.15) is 55.5 Å². The van der Waals surface area contributed by atoms with Gasteiger partial charge in [0.2, 0.25) is 17.7 Å². The molecule has 0 atom stereocenters. The van der Waals surface area contributed by atoms with Crippen LogP contribution in [-0.2, 0) is 19.6 Å². The number of aromatic nitrogens is 3. The summed E-state index contributed by atoms with van der Waals surface area (Å²) in [7, 11) is 2.16. The van der Waals surface area contributed by atoms with Crippen LogP contribution in [0.15, 0.2) is 123 Å².